The highest BCUT2D eigenvalue weighted by Crippen LogP contribution is 2.48. The van der Waals surface area contributed by atoms with Gasteiger partial charge < -0.3 is 0 Å². The van der Waals surface area contributed by atoms with Gasteiger partial charge in [0.05, 0.1) is 7.57 Å². The first-order valence-corrected chi connectivity index (χ1v) is 24.0. The van der Waals surface area contributed by atoms with Crippen LogP contribution in [0.4, 0.5) is 0 Å². The van der Waals surface area contributed by atoms with Crippen molar-refractivity contribution in [1.82, 2.24) is 0 Å². The molecule has 0 aliphatic rings. The monoisotopic (exact) mass is 846 g/mol. The van der Waals surface area contributed by atoms with Gasteiger partial charge in [0.1, 0.15) is 0 Å². The van der Waals surface area contributed by atoms with Crippen LogP contribution in [0.25, 0.3) is 39.7 Å². The summed E-state index contributed by atoms with van der Waals surface area (Å²) >= 11 is 15.4. The van der Waals surface area contributed by atoms with Crippen LogP contribution in [0.5, 0.6) is 0 Å². The van der Waals surface area contributed by atoms with Crippen LogP contribution in [0.3, 0.4) is 0 Å². The predicted molar refractivity (Wildman–Crippen MR) is 230 cm³/mol. The normalized spacial score (nSPS) is 11.9. The molecule has 0 N–H and O–H groups in total. The average molecular weight is 849 g/mol. The summed E-state index contributed by atoms with van der Waals surface area (Å²) in [6, 6.07) is 14.3. The summed E-state index contributed by atoms with van der Waals surface area (Å²) in [6.07, 6.45) is 30.1. The highest BCUT2D eigenvalue weighted by atomic mass is 79.9. The van der Waals surface area contributed by atoms with Gasteiger partial charge in [0, 0.05) is 28.9 Å². The Kier molecular flexibility index (Phi) is 17.0. The van der Waals surface area contributed by atoms with Gasteiger partial charge in [-0.05, 0) is 116 Å². The minimum atomic E-state index is 1.19. The number of rotatable bonds is 24. The molecule has 0 atom stereocenters. The van der Waals surface area contributed by atoms with Crippen LogP contribution >= 0.6 is 77.2 Å². The smallest absolute Gasteiger partial charge is 0.0705 e. The molecule has 0 unspecified atom stereocenters. The maximum Gasteiger partial charge on any atom is 0.0705 e. The molecule has 1 aromatic carbocycles. The summed E-state index contributed by atoms with van der Waals surface area (Å²) in [7, 11) is 0. The lowest BCUT2D eigenvalue weighted by Crippen LogP contribution is -1.89. The van der Waals surface area contributed by atoms with Crippen LogP contribution in [0, 0.1) is 0 Å². The van der Waals surface area contributed by atoms with E-state index in [1.807, 2.05) is 45.3 Å². The molecule has 0 saturated heterocycles. The first-order chi connectivity index (χ1) is 23.6. The third kappa shape index (κ3) is 11.2. The second-order valence-corrected chi connectivity index (χ2v) is 20.8. The van der Waals surface area contributed by atoms with E-state index in [2.05, 4.69) is 82.1 Å². The van der Waals surface area contributed by atoms with Crippen molar-refractivity contribution < 1.29 is 0 Å². The minimum Gasteiger partial charge on any atom is -0.134 e. The van der Waals surface area contributed by atoms with Gasteiger partial charge >= 0.3 is 0 Å². The van der Waals surface area contributed by atoms with Gasteiger partial charge in [0.15, 0.2) is 0 Å². The lowest BCUT2D eigenvalue weighted by molar-refractivity contribution is 0.556. The van der Waals surface area contributed by atoms with Crippen LogP contribution in [0.1, 0.15) is 153 Å². The van der Waals surface area contributed by atoms with E-state index in [1.54, 1.807) is 11.1 Å². The predicted octanol–water partition coefficient (Wildman–Crippen LogP) is 18.0. The largest absolute Gasteiger partial charge is 0.134 e. The molecule has 0 saturated carbocycles. The molecule has 0 amide bonds. The maximum atomic E-state index is 3.75. The SMILES string of the molecule is CCCCCCCCCCCCc1c(-c2ccc(Br)s2)sc2cc3c(CCCCCCCCCCCC)c(-c4ccc(Br)s4)sc3cc12. The van der Waals surface area contributed by atoms with E-state index in [0.29, 0.717) is 0 Å². The average Bonchev–Trinajstić information content (AvgIpc) is 3.87. The molecule has 262 valence electrons. The topological polar surface area (TPSA) is 0 Å². The van der Waals surface area contributed by atoms with Gasteiger partial charge in [0.25, 0.3) is 0 Å². The molecule has 0 nitrogen and oxygen atoms in total. The van der Waals surface area contributed by atoms with Crippen molar-refractivity contribution in [3.8, 4) is 19.5 Å². The first-order valence-electron chi connectivity index (χ1n) is 19.1. The van der Waals surface area contributed by atoms with E-state index in [4.69, 9.17) is 0 Å². The lowest BCUT2D eigenvalue weighted by atomic mass is 9.98. The number of aryl methyl sites for hydroxylation is 2. The van der Waals surface area contributed by atoms with Gasteiger partial charge in [-0.15, -0.1) is 45.3 Å². The number of thiophene rings is 4. The van der Waals surface area contributed by atoms with Crippen molar-refractivity contribution in [3.05, 3.63) is 55.1 Å². The third-order valence-electron chi connectivity index (χ3n) is 9.86. The van der Waals surface area contributed by atoms with Crippen molar-refractivity contribution >= 4 is 97.4 Å². The maximum absolute atomic E-state index is 3.75. The van der Waals surface area contributed by atoms with Crippen molar-refractivity contribution in [1.29, 1.82) is 0 Å². The molecular formula is C42H56Br2S4. The summed E-state index contributed by atoms with van der Waals surface area (Å²) in [5.74, 6) is 0. The van der Waals surface area contributed by atoms with Crippen LogP contribution in [0.2, 0.25) is 0 Å². The fourth-order valence-electron chi connectivity index (χ4n) is 7.13. The standard InChI is InChI=1S/C42H56Br2S4/c1-3-5-7-9-11-13-15-17-19-21-23-31-33-29-38-34(30-37(33)47-41(31)35-25-27-39(43)45-35)32(42(48-38)36-26-28-40(44)46-36)24-22-20-18-16-14-12-10-8-6-4-2/h25-30H,3-24H2,1-2H3. The quantitative estimate of drug-likeness (QED) is 0.0543. The summed E-state index contributed by atoms with van der Waals surface area (Å²) in [4.78, 5) is 5.85. The van der Waals surface area contributed by atoms with E-state index >= 15 is 0 Å². The van der Waals surface area contributed by atoms with Gasteiger partial charge in [0.2, 0.25) is 0 Å². The zero-order valence-electron chi connectivity index (χ0n) is 29.4. The second kappa shape index (κ2) is 21.1. The van der Waals surface area contributed by atoms with Crippen molar-refractivity contribution in [2.45, 2.75) is 155 Å². The van der Waals surface area contributed by atoms with E-state index in [0.717, 1.165) is 0 Å². The first kappa shape index (κ1) is 38.7. The summed E-state index contributed by atoms with van der Waals surface area (Å²) in [5, 5.41) is 3.02. The summed E-state index contributed by atoms with van der Waals surface area (Å²) in [6.45, 7) is 4.61. The number of halogens is 2. The van der Waals surface area contributed by atoms with Gasteiger partial charge in [-0.2, -0.15) is 0 Å². The van der Waals surface area contributed by atoms with Crippen LogP contribution in [0.15, 0.2) is 44.0 Å². The van der Waals surface area contributed by atoms with E-state index < -0.39 is 0 Å². The van der Waals surface area contributed by atoms with Crippen molar-refractivity contribution in [2.75, 3.05) is 0 Å². The van der Waals surface area contributed by atoms with Crippen LogP contribution < -0.4 is 0 Å². The van der Waals surface area contributed by atoms with E-state index in [1.165, 1.54) is 189 Å². The zero-order valence-corrected chi connectivity index (χ0v) is 35.8. The molecular weight excluding hydrogens is 793 g/mol. The molecule has 5 aromatic rings. The third-order valence-corrected chi connectivity index (χ3v) is 15.9. The fourth-order valence-corrected chi connectivity index (χ4v) is 12.7. The number of hydrogen-bond donors (Lipinski definition) is 0. The Morgan fingerprint density at radius 1 is 0.417 bits per heavy atom. The highest BCUT2D eigenvalue weighted by Gasteiger charge is 2.20. The molecule has 48 heavy (non-hydrogen) atoms. The highest BCUT2D eigenvalue weighted by molar-refractivity contribution is 9.11. The Hall–Kier alpha value is -0.500. The molecule has 0 aliphatic carbocycles. The van der Waals surface area contributed by atoms with Gasteiger partial charge in [-0.3, -0.25) is 0 Å². The number of fused-ring (bicyclic) bond motifs is 2. The molecule has 4 aromatic heterocycles. The molecule has 0 spiro atoms. The Labute approximate surface area is 324 Å². The number of hydrogen-bond acceptors (Lipinski definition) is 4. The Bertz CT molecular complexity index is 1530. The molecule has 0 bridgehead atoms. The minimum absolute atomic E-state index is 1.19. The molecule has 6 heteroatoms. The molecule has 4 heterocycles. The molecule has 5 rings (SSSR count). The van der Waals surface area contributed by atoms with Gasteiger partial charge in [-0.25, -0.2) is 0 Å². The van der Waals surface area contributed by atoms with E-state index in [9.17, 15) is 0 Å². The Morgan fingerprint density at radius 3 is 1.06 bits per heavy atom. The van der Waals surface area contributed by atoms with Gasteiger partial charge in [-0.1, -0.05) is 129 Å². The molecule has 0 radical (unpaired) electrons. The Morgan fingerprint density at radius 2 is 0.750 bits per heavy atom. The van der Waals surface area contributed by atoms with Crippen LogP contribution in [-0.4, -0.2) is 0 Å². The molecule has 0 fully saturated rings. The molecule has 0 aliphatic heterocycles. The van der Waals surface area contributed by atoms with Crippen molar-refractivity contribution in [3.63, 3.8) is 0 Å². The Balaban J connectivity index is 1.31. The summed E-state index contributed by atoms with van der Waals surface area (Å²) in [5.41, 5.74) is 3.19. The zero-order chi connectivity index (χ0) is 33.6. The van der Waals surface area contributed by atoms with Crippen molar-refractivity contribution in [2.24, 2.45) is 0 Å². The second-order valence-electron chi connectivity index (χ2n) is 13.7. The van der Waals surface area contributed by atoms with E-state index in [-0.39, 0.29) is 0 Å². The lowest BCUT2D eigenvalue weighted by Gasteiger charge is -2.06. The number of unbranched alkanes of at least 4 members (excludes halogenated alkanes) is 18. The summed E-state index contributed by atoms with van der Waals surface area (Å²) < 4.78 is 5.41. The van der Waals surface area contributed by atoms with Crippen LogP contribution in [-0.2, 0) is 12.8 Å². The number of benzene rings is 1. The fraction of sp³-hybridized carbons (Fsp3) is 0.571.